The van der Waals surface area contributed by atoms with E-state index >= 15 is 0 Å². The van der Waals surface area contributed by atoms with Crippen molar-refractivity contribution < 1.29 is 5.11 Å². The van der Waals surface area contributed by atoms with E-state index in [-0.39, 0.29) is 12.5 Å². The first-order chi connectivity index (χ1) is 9.56. The number of aliphatic hydroxyl groups is 1. The van der Waals surface area contributed by atoms with Crippen molar-refractivity contribution in [2.75, 3.05) is 6.61 Å². The molecule has 2 atom stereocenters. The van der Waals surface area contributed by atoms with Crippen molar-refractivity contribution in [3.05, 3.63) is 34.5 Å². The van der Waals surface area contributed by atoms with Crippen molar-refractivity contribution >= 4 is 22.5 Å². The molecule has 1 aromatic heterocycles. The van der Waals surface area contributed by atoms with E-state index in [4.69, 9.17) is 11.6 Å². The Kier molecular flexibility index (Phi) is 5.11. The number of aromatic amines is 1. The number of H-pyrrole nitrogens is 1. The lowest BCUT2D eigenvalue weighted by Crippen LogP contribution is -2.04. The van der Waals surface area contributed by atoms with Crippen molar-refractivity contribution in [2.45, 2.75) is 46.0 Å². The number of benzene rings is 1. The van der Waals surface area contributed by atoms with Gasteiger partial charge in [0.2, 0.25) is 0 Å². The average Bonchev–Trinajstić information content (AvgIpc) is 2.81. The number of hydrogen-bond donors (Lipinski definition) is 2. The smallest absolute Gasteiger partial charge is 0.0511 e. The molecule has 0 aliphatic heterocycles. The first kappa shape index (κ1) is 15.4. The standard InChI is InChI=1S/C17H24ClNO/c1-4-11(2)5-7-14-15-9-13(18)6-8-16(15)19-17(14)12(3)10-20/h6,8-9,11-12,19-20H,4-5,7,10H2,1-3H3. The molecule has 0 aliphatic rings. The largest absolute Gasteiger partial charge is 0.396 e. The lowest BCUT2D eigenvalue weighted by atomic mass is 9.94. The molecule has 20 heavy (non-hydrogen) atoms. The molecule has 110 valence electrons. The Morgan fingerprint density at radius 2 is 2.05 bits per heavy atom. The molecule has 2 rings (SSSR count). The number of aliphatic hydroxyl groups excluding tert-OH is 1. The molecule has 2 unspecified atom stereocenters. The quantitative estimate of drug-likeness (QED) is 0.781. The Balaban J connectivity index is 2.43. The van der Waals surface area contributed by atoms with Crippen LogP contribution in [0, 0.1) is 5.92 Å². The van der Waals surface area contributed by atoms with Crippen molar-refractivity contribution in [3.63, 3.8) is 0 Å². The van der Waals surface area contributed by atoms with Crippen molar-refractivity contribution in [1.82, 2.24) is 4.98 Å². The summed E-state index contributed by atoms with van der Waals surface area (Å²) in [4.78, 5) is 3.47. The van der Waals surface area contributed by atoms with Gasteiger partial charge in [0, 0.05) is 27.5 Å². The maximum atomic E-state index is 9.47. The van der Waals surface area contributed by atoms with Gasteiger partial charge in [0.15, 0.2) is 0 Å². The van der Waals surface area contributed by atoms with Crippen LogP contribution >= 0.6 is 11.6 Å². The zero-order valence-electron chi connectivity index (χ0n) is 12.5. The van der Waals surface area contributed by atoms with E-state index in [1.165, 1.54) is 23.8 Å². The van der Waals surface area contributed by atoms with Crippen LogP contribution in [0.4, 0.5) is 0 Å². The zero-order valence-corrected chi connectivity index (χ0v) is 13.3. The van der Waals surface area contributed by atoms with E-state index in [1.807, 2.05) is 18.2 Å². The SMILES string of the molecule is CCC(C)CCc1c(C(C)CO)[nH]c2ccc(Cl)cc12. The fourth-order valence-corrected chi connectivity index (χ4v) is 2.79. The number of nitrogens with one attached hydrogen (secondary N) is 1. The van der Waals surface area contributed by atoms with Gasteiger partial charge in [0.1, 0.15) is 0 Å². The highest BCUT2D eigenvalue weighted by Crippen LogP contribution is 2.31. The number of rotatable bonds is 6. The minimum atomic E-state index is 0.133. The molecule has 2 aromatic rings. The van der Waals surface area contributed by atoms with Crippen LogP contribution in [0.3, 0.4) is 0 Å². The van der Waals surface area contributed by atoms with Crippen LogP contribution in [-0.4, -0.2) is 16.7 Å². The maximum Gasteiger partial charge on any atom is 0.0511 e. The van der Waals surface area contributed by atoms with Crippen LogP contribution in [0.25, 0.3) is 10.9 Å². The maximum absolute atomic E-state index is 9.47. The van der Waals surface area contributed by atoms with Gasteiger partial charge in [-0.2, -0.15) is 0 Å². The van der Waals surface area contributed by atoms with Crippen molar-refractivity contribution in [1.29, 1.82) is 0 Å². The summed E-state index contributed by atoms with van der Waals surface area (Å²) in [5.74, 6) is 0.851. The molecule has 0 fully saturated rings. The number of aromatic nitrogens is 1. The van der Waals surface area contributed by atoms with Crippen LogP contribution in [0.15, 0.2) is 18.2 Å². The Hall–Kier alpha value is -0.990. The molecule has 0 spiro atoms. The molecular formula is C17H24ClNO. The summed E-state index contributed by atoms with van der Waals surface area (Å²) < 4.78 is 0. The molecule has 0 amide bonds. The van der Waals surface area contributed by atoms with E-state index in [0.29, 0.717) is 0 Å². The Bertz CT molecular complexity index is 576. The molecular weight excluding hydrogens is 270 g/mol. The summed E-state index contributed by atoms with van der Waals surface area (Å²) in [6.07, 6.45) is 3.41. The van der Waals surface area contributed by atoms with Gasteiger partial charge in [-0.05, 0) is 42.5 Å². The average molecular weight is 294 g/mol. The third-order valence-corrected chi connectivity index (χ3v) is 4.49. The predicted octanol–water partition coefficient (Wildman–Crippen LogP) is 4.90. The first-order valence-electron chi connectivity index (χ1n) is 7.47. The van der Waals surface area contributed by atoms with Gasteiger partial charge in [-0.3, -0.25) is 0 Å². The third kappa shape index (κ3) is 3.18. The normalized spacial score (nSPS) is 14.7. The third-order valence-electron chi connectivity index (χ3n) is 4.25. The zero-order chi connectivity index (χ0) is 14.7. The van der Waals surface area contributed by atoms with Gasteiger partial charge in [-0.1, -0.05) is 38.8 Å². The van der Waals surface area contributed by atoms with Crippen LogP contribution in [0.2, 0.25) is 5.02 Å². The highest BCUT2D eigenvalue weighted by molar-refractivity contribution is 6.31. The number of aryl methyl sites for hydroxylation is 1. The predicted molar refractivity (Wildman–Crippen MR) is 86.6 cm³/mol. The Morgan fingerprint density at radius 3 is 2.70 bits per heavy atom. The molecule has 0 bridgehead atoms. The summed E-state index contributed by atoms with van der Waals surface area (Å²) in [5, 5.41) is 11.4. The molecule has 0 saturated heterocycles. The van der Waals surface area contributed by atoms with Gasteiger partial charge in [0.05, 0.1) is 6.61 Å². The Labute approximate surface area is 126 Å². The lowest BCUT2D eigenvalue weighted by Gasteiger charge is -2.12. The summed E-state index contributed by atoms with van der Waals surface area (Å²) >= 11 is 6.14. The second kappa shape index (κ2) is 6.64. The van der Waals surface area contributed by atoms with E-state index in [2.05, 4.69) is 25.8 Å². The highest BCUT2D eigenvalue weighted by Gasteiger charge is 2.17. The van der Waals surface area contributed by atoms with Gasteiger partial charge in [-0.25, -0.2) is 0 Å². The number of halogens is 1. The topological polar surface area (TPSA) is 36.0 Å². The second-order valence-electron chi connectivity index (χ2n) is 5.84. The fraction of sp³-hybridized carbons (Fsp3) is 0.529. The van der Waals surface area contributed by atoms with Crippen LogP contribution in [-0.2, 0) is 6.42 Å². The van der Waals surface area contributed by atoms with E-state index in [1.54, 1.807) is 0 Å². The van der Waals surface area contributed by atoms with Gasteiger partial charge >= 0.3 is 0 Å². The molecule has 3 heteroatoms. The van der Waals surface area contributed by atoms with E-state index < -0.39 is 0 Å². The minimum absolute atomic E-state index is 0.133. The van der Waals surface area contributed by atoms with Crippen molar-refractivity contribution in [3.8, 4) is 0 Å². The monoisotopic (exact) mass is 293 g/mol. The summed E-state index contributed by atoms with van der Waals surface area (Å²) in [6.45, 7) is 6.74. The second-order valence-corrected chi connectivity index (χ2v) is 6.28. The van der Waals surface area contributed by atoms with Crippen LogP contribution in [0.1, 0.15) is 50.8 Å². The number of hydrogen-bond acceptors (Lipinski definition) is 1. The summed E-state index contributed by atoms with van der Waals surface area (Å²) in [7, 11) is 0. The minimum Gasteiger partial charge on any atom is -0.396 e. The Morgan fingerprint density at radius 1 is 1.30 bits per heavy atom. The number of fused-ring (bicyclic) bond motifs is 1. The van der Waals surface area contributed by atoms with Gasteiger partial charge in [-0.15, -0.1) is 0 Å². The van der Waals surface area contributed by atoms with E-state index in [9.17, 15) is 5.11 Å². The van der Waals surface area contributed by atoms with Crippen LogP contribution < -0.4 is 0 Å². The molecule has 0 saturated carbocycles. The van der Waals surface area contributed by atoms with E-state index in [0.717, 1.165) is 28.6 Å². The summed E-state index contributed by atoms with van der Waals surface area (Å²) in [5.41, 5.74) is 3.60. The van der Waals surface area contributed by atoms with Gasteiger partial charge in [0.25, 0.3) is 0 Å². The fourth-order valence-electron chi connectivity index (χ4n) is 2.62. The molecule has 1 aromatic carbocycles. The van der Waals surface area contributed by atoms with Gasteiger partial charge < -0.3 is 10.1 Å². The molecule has 1 heterocycles. The first-order valence-corrected chi connectivity index (χ1v) is 7.85. The molecule has 0 radical (unpaired) electrons. The molecule has 2 nitrogen and oxygen atoms in total. The van der Waals surface area contributed by atoms with Crippen LogP contribution in [0.5, 0.6) is 0 Å². The molecule has 2 N–H and O–H groups in total. The highest BCUT2D eigenvalue weighted by atomic mass is 35.5. The lowest BCUT2D eigenvalue weighted by molar-refractivity contribution is 0.271. The molecule has 0 aliphatic carbocycles. The summed E-state index contributed by atoms with van der Waals surface area (Å²) in [6, 6.07) is 5.97. The van der Waals surface area contributed by atoms with Crippen molar-refractivity contribution in [2.24, 2.45) is 5.92 Å².